The molecule has 1 aliphatic rings. The summed E-state index contributed by atoms with van der Waals surface area (Å²) < 4.78 is 0. The van der Waals surface area contributed by atoms with Gasteiger partial charge < -0.3 is 10.0 Å². The fourth-order valence-electron chi connectivity index (χ4n) is 2.57. The highest BCUT2D eigenvalue weighted by Gasteiger charge is 2.31. The molecular formula is C14H19Cl2NO. The van der Waals surface area contributed by atoms with E-state index in [9.17, 15) is 5.11 Å². The van der Waals surface area contributed by atoms with Gasteiger partial charge in [0, 0.05) is 6.54 Å². The van der Waals surface area contributed by atoms with E-state index in [4.69, 9.17) is 23.2 Å². The van der Waals surface area contributed by atoms with Gasteiger partial charge in [0.15, 0.2) is 0 Å². The number of benzene rings is 1. The van der Waals surface area contributed by atoms with Crippen LogP contribution in [0.15, 0.2) is 18.2 Å². The van der Waals surface area contributed by atoms with Crippen LogP contribution >= 0.6 is 23.2 Å². The van der Waals surface area contributed by atoms with Crippen LogP contribution in [0.25, 0.3) is 0 Å². The van der Waals surface area contributed by atoms with Gasteiger partial charge in [0.1, 0.15) is 0 Å². The fraction of sp³-hybridized carbons (Fsp3) is 0.571. The lowest BCUT2D eigenvalue weighted by Crippen LogP contribution is -2.29. The van der Waals surface area contributed by atoms with E-state index in [0.29, 0.717) is 10.0 Å². The number of hydrogen-bond donors (Lipinski definition) is 1. The quantitative estimate of drug-likeness (QED) is 0.897. The summed E-state index contributed by atoms with van der Waals surface area (Å²) in [7, 11) is 0. The Morgan fingerprint density at radius 3 is 2.67 bits per heavy atom. The predicted octanol–water partition coefficient (Wildman–Crippen LogP) is 3.69. The van der Waals surface area contributed by atoms with Crippen molar-refractivity contribution < 1.29 is 5.11 Å². The Hall–Kier alpha value is -0.280. The van der Waals surface area contributed by atoms with Crippen molar-refractivity contribution in [2.75, 3.05) is 19.6 Å². The van der Waals surface area contributed by atoms with Gasteiger partial charge in [-0.3, -0.25) is 0 Å². The van der Waals surface area contributed by atoms with Crippen molar-refractivity contribution in [1.29, 1.82) is 0 Å². The van der Waals surface area contributed by atoms with Gasteiger partial charge in [-0.2, -0.15) is 0 Å². The van der Waals surface area contributed by atoms with Crippen LogP contribution in [0, 0.1) is 0 Å². The van der Waals surface area contributed by atoms with Crippen LogP contribution < -0.4 is 0 Å². The average molecular weight is 288 g/mol. The molecule has 2 rings (SSSR count). The van der Waals surface area contributed by atoms with Crippen molar-refractivity contribution in [3.8, 4) is 0 Å². The molecule has 1 aromatic rings. The summed E-state index contributed by atoms with van der Waals surface area (Å²) >= 11 is 12.0. The summed E-state index contributed by atoms with van der Waals surface area (Å²) in [5.41, 5.74) is 0.118. The summed E-state index contributed by atoms with van der Waals surface area (Å²) in [6, 6.07) is 5.45. The lowest BCUT2D eigenvalue weighted by atomic mass is 9.87. The molecule has 1 heterocycles. The molecule has 1 aliphatic heterocycles. The van der Waals surface area contributed by atoms with Crippen LogP contribution in [-0.2, 0) is 5.60 Å². The second-order valence-electron chi connectivity index (χ2n) is 4.95. The number of rotatable bonds is 2. The summed E-state index contributed by atoms with van der Waals surface area (Å²) in [4.78, 5) is 2.37. The Morgan fingerprint density at radius 1 is 1.22 bits per heavy atom. The van der Waals surface area contributed by atoms with Gasteiger partial charge >= 0.3 is 0 Å². The first kappa shape index (κ1) is 14.1. The van der Waals surface area contributed by atoms with E-state index < -0.39 is 5.60 Å². The zero-order valence-electron chi connectivity index (χ0n) is 10.6. The Kier molecular flexibility index (Phi) is 4.54. The molecule has 2 nitrogen and oxygen atoms in total. The number of hydrogen-bond acceptors (Lipinski definition) is 2. The first-order valence-corrected chi connectivity index (χ1v) is 7.21. The zero-order chi connectivity index (χ0) is 13.2. The fourth-order valence-corrected chi connectivity index (χ4v) is 2.86. The lowest BCUT2D eigenvalue weighted by molar-refractivity contribution is 0.0214. The van der Waals surface area contributed by atoms with Crippen molar-refractivity contribution in [3.63, 3.8) is 0 Å². The molecule has 100 valence electrons. The second kappa shape index (κ2) is 5.79. The molecule has 1 saturated heterocycles. The van der Waals surface area contributed by atoms with Crippen molar-refractivity contribution in [2.24, 2.45) is 0 Å². The molecule has 0 aromatic heterocycles. The van der Waals surface area contributed by atoms with Crippen LogP contribution in [-0.4, -0.2) is 29.6 Å². The molecule has 1 aromatic carbocycles. The van der Waals surface area contributed by atoms with Crippen molar-refractivity contribution in [2.45, 2.75) is 31.8 Å². The third-order valence-electron chi connectivity index (χ3n) is 3.81. The van der Waals surface area contributed by atoms with Crippen LogP contribution in [0.5, 0.6) is 0 Å². The zero-order valence-corrected chi connectivity index (χ0v) is 12.1. The normalized spacial score (nSPS) is 26.0. The van der Waals surface area contributed by atoms with E-state index in [1.165, 1.54) is 0 Å². The van der Waals surface area contributed by atoms with E-state index in [-0.39, 0.29) is 0 Å². The largest absolute Gasteiger partial charge is 0.385 e. The van der Waals surface area contributed by atoms with E-state index in [1.807, 2.05) is 6.07 Å². The first-order chi connectivity index (χ1) is 8.55. The third kappa shape index (κ3) is 3.00. The standard InChI is InChI=1S/C14H19Cl2NO/c1-2-17-8-3-6-14(18,7-9-17)11-4-5-12(15)13(16)10-11/h4-5,10,18H,2-3,6-9H2,1H3. The average Bonchev–Trinajstić information content (AvgIpc) is 2.55. The minimum Gasteiger partial charge on any atom is -0.385 e. The van der Waals surface area contributed by atoms with Crippen LogP contribution in [0.2, 0.25) is 10.0 Å². The number of halogens is 2. The third-order valence-corrected chi connectivity index (χ3v) is 4.55. The maximum absolute atomic E-state index is 10.8. The van der Waals surface area contributed by atoms with Crippen molar-refractivity contribution in [3.05, 3.63) is 33.8 Å². The van der Waals surface area contributed by atoms with Crippen molar-refractivity contribution >= 4 is 23.2 Å². The molecule has 0 amide bonds. The smallest absolute Gasteiger partial charge is 0.0909 e. The molecular weight excluding hydrogens is 269 g/mol. The molecule has 4 heteroatoms. The summed E-state index contributed by atoms with van der Waals surface area (Å²) in [5.74, 6) is 0. The molecule has 0 radical (unpaired) electrons. The van der Waals surface area contributed by atoms with E-state index in [1.54, 1.807) is 12.1 Å². The van der Waals surface area contributed by atoms with Crippen LogP contribution in [0.1, 0.15) is 31.7 Å². The summed E-state index contributed by atoms with van der Waals surface area (Å²) in [5, 5.41) is 11.9. The maximum Gasteiger partial charge on any atom is 0.0909 e. The summed E-state index contributed by atoms with van der Waals surface area (Å²) in [6.07, 6.45) is 2.53. The van der Waals surface area contributed by atoms with Gasteiger partial charge in [-0.1, -0.05) is 36.2 Å². The Morgan fingerprint density at radius 2 is 2.00 bits per heavy atom. The minimum absolute atomic E-state index is 0.513. The van der Waals surface area contributed by atoms with Gasteiger partial charge in [-0.05, 0) is 50.0 Å². The van der Waals surface area contributed by atoms with Gasteiger partial charge in [0.2, 0.25) is 0 Å². The molecule has 1 fully saturated rings. The highest BCUT2D eigenvalue weighted by atomic mass is 35.5. The highest BCUT2D eigenvalue weighted by molar-refractivity contribution is 6.42. The Labute approximate surface area is 119 Å². The topological polar surface area (TPSA) is 23.5 Å². The number of nitrogens with zero attached hydrogens (tertiary/aromatic N) is 1. The van der Waals surface area contributed by atoms with Crippen LogP contribution in [0.4, 0.5) is 0 Å². The minimum atomic E-state index is -0.766. The molecule has 0 saturated carbocycles. The molecule has 0 spiro atoms. The van der Waals surface area contributed by atoms with Crippen LogP contribution in [0.3, 0.4) is 0 Å². The second-order valence-corrected chi connectivity index (χ2v) is 5.76. The molecule has 1 N–H and O–H groups in total. The molecule has 1 unspecified atom stereocenters. The van der Waals surface area contributed by atoms with Crippen molar-refractivity contribution in [1.82, 2.24) is 4.90 Å². The number of aliphatic hydroxyl groups is 1. The van der Waals surface area contributed by atoms with Gasteiger partial charge in [0.25, 0.3) is 0 Å². The summed E-state index contributed by atoms with van der Waals surface area (Å²) in [6.45, 7) is 5.17. The SMILES string of the molecule is CCN1CCCC(O)(c2ccc(Cl)c(Cl)c2)CC1. The highest BCUT2D eigenvalue weighted by Crippen LogP contribution is 2.35. The monoisotopic (exact) mass is 287 g/mol. The predicted molar refractivity (Wildman–Crippen MR) is 76.3 cm³/mol. The first-order valence-electron chi connectivity index (χ1n) is 6.45. The van der Waals surface area contributed by atoms with E-state index >= 15 is 0 Å². The molecule has 18 heavy (non-hydrogen) atoms. The Bertz CT molecular complexity index is 424. The van der Waals surface area contributed by atoms with Gasteiger partial charge in [-0.15, -0.1) is 0 Å². The maximum atomic E-state index is 10.8. The number of likely N-dealkylation sites (tertiary alicyclic amines) is 1. The molecule has 0 aliphatic carbocycles. The Balaban J connectivity index is 2.21. The molecule has 0 bridgehead atoms. The lowest BCUT2D eigenvalue weighted by Gasteiger charge is -2.27. The van der Waals surface area contributed by atoms with E-state index in [0.717, 1.165) is 44.5 Å². The van der Waals surface area contributed by atoms with Gasteiger partial charge in [0.05, 0.1) is 15.6 Å². The van der Waals surface area contributed by atoms with Gasteiger partial charge in [-0.25, -0.2) is 0 Å². The molecule has 1 atom stereocenters. The van der Waals surface area contributed by atoms with E-state index in [2.05, 4.69) is 11.8 Å².